The fraction of sp³-hybridized carbons (Fsp3) is 1.00. The van der Waals surface area contributed by atoms with Crippen LogP contribution in [0.2, 0.25) is 0 Å². The third-order valence-electron chi connectivity index (χ3n) is 5.22. The van der Waals surface area contributed by atoms with Gasteiger partial charge in [-0.25, -0.2) is 0 Å². The van der Waals surface area contributed by atoms with Crippen LogP contribution in [0.4, 0.5) is 0 Å². The van der Waals surface area contributed by atoms with Crippen molar-refractivity contribution in [3.63, 3.8) is 0 Å². The third-order valence-corrected chi connectivity index (χ3v) is 5.22. The van der Waals surface area contributed by atoms with Crippen LogP contribution in [0.3, 0.4) is 0 Å². The number of aliphatic hydroxyl groups excluding tert-OH is 2. The summed E-state index contributed by atoms with van der Waals surface area (Å²) in [4.78, 5) is 0. The Bertz CT molecular complexity index is 241. The summed E-state index contributed by atoms with van der Waals surface area (Å²) in [6, 6.07) is 0. The second kappa shape index (κ2) is 3.74. The van der Waals surface area contributed by atoms with Gasteiger partial charge in [0.1, 0.15) is 0 Å². The van der Waals surface area contributed by atoms with Crippen LogP contribution in [-0.2, 0) is 0 Å². The molecule has 3 aliphatic carbocycles. The predicted molar refractivity (Wildman–Crippen MR) is 58.3 cm³/mol. The average molecular weight is 210 g/mol. The molecule has 2 bridgehead atoms. The van der Waals surface area contributed by atoms with Crippen molar-refractivity contribution in [3.05, 3.63) is 0 Å². The molecule has 0 spiro atoms. The molecule has 3 aliphatic rings. The van der Waals surface area contributed by atoms with E-state index in [9.17, 15) is 10.2 Å². The maximum Gasteiger partial charge on any atom is 0.0801 e. The first-order valence-electron chi connectivity index (χ1n) is 6.60. The van der Waals surface area contributed by atoms with E-state index >= 15 is 0 Å². The molecule has 15 heavy (non-hydrogen) atoms. The molecule has 0 aromatic heterocycles. The van der Waals surface area contributed by atoms with E-state index in [-0.39, 0.29) is 0 Å². The molecule has 2 heteroatoms. The zero-order valence-electron chi connectivity index (χ0n) is 9.31. The molecule has 3 fully saturated rings. The number of hydrogen-bond acceptors (Lipinski definition) is 2. The van der Waals surface area contributed by atoms with Crippen LogP contribution in [0.25, 0.3) is 0 Å². The Morgan fingerprint density at radius 3 is 2.00 bits per heavy atom. The van der Waals surface area contributed by atoms with E-state index < -0.39 is 12.2 Å². The standard InChI is InChI=1S/C13H22O2/c14-12-4-3-10(7-13(12)15)11-6-8-1-2-9(11)5-8/h8-15H,1-7H2/t8-,9-,10-,11+,12+,13-/m1/s1. The Hall–Kier alpha value is -0.0800. The van der Waals surface area contributed by atoms with E-state index in [0.717, 1.165) is 37.0 Å². The highest BCUT2D eigenvalue weighted by atomic mass is 16.3. The van der Waals surface area contributed by atoms with E-state index in [1.54, 1.807) is 0 Å². The molecule has 0 amide bonds. The Kier molecular flexibility index (Phi) is 2.52. The number of fused-ring (bicyclic) bond motifs is 2. The molecule has 6 atom stereocenters. The lowest BCUT2D eigenvalue weighted by Crippen LogP contribution is -2.37. The molecular formula is C13H22O2. The van der Waals surface area contributed by atoms with E-state index in [4.69, 9.17) is 0 Å². The van der Waals surface area contributed by atoms with Gasteiger partial charge in [-0.1, -0.05) is 6.42 Å². The van der Waals surface area contributed by atoms with Gasteiger partial charge < -0.3 is 10.2 Å². The molecule has 0 aliphatic heterocycles. The Morgan fingerprint density at radius 2 is 1.40 bits per heavy atom. The monoisotopic (exact) mass is 210 g/mol. The summed E-state index contributed by atoms with van der Waals surface area (Å²) in [7, 11) is 0. The molecule has 2 nitrogen and oxygen atoms in total. The number of rotatable bonds is 1. The summed E-state index contributed by atoms with van der Waals surface area (Å²) < 4.78 is 0. The number of hydrogen-bond donors (Lipinski definition) is 2. The van der Waals surface area contributed by atoms with Crippen molar-refractivity contribution < 1.29 is 10.2 Å². The van der Waals surface area contributed by atoms with E-state index in [0.29, 0.717) is 5.92 Å². The molecule has 2 N–H and O–H groups in total. The summed E-state index contributed by atoms with van der Waals surface area (Å²) in [5.74, 6) is 3.55. The van der Waals surface area contributed by atoms with Crippen LogP contribution in [0.1, 0.15) is 44.9 Å². The van der Waals surface area contributed by atoms with Gasteiger partial charge in [0.05, 0.1) is 12.2 Å². The minimum absolute atomic E-state index is 0.442. The Morgan fingerprint density at radius 1 is 0.667 bits per heavy atom. The van der Waals surface area contributed by atoms with Gasteiger partial charge in [0, 0.05) is 0 Å². The predicted octanol–water partition coefficient (Wildman–Crippen LogP) is 1.94. The van der Waals surface area contributed by atoms with Crippen LogP contribution in [-0.4, -0.2) is 22.4 Å². The highest BCUT2D eigenvalue weighted by Crippen LogP contribution is 2.53. The fourth-order valence-corrected chi connectivity index (χ4v) is 4.42. The highest BCUT2D eigenvalue weighted by molar-refractivity contribution is 4.95. The minimum Gasteiger partial charge on any atom is -0.390 e. The molecule has 0 unspecified atom stereocenters. The first kappa shape index (κ1) is 10.1. The Labute approximate surface area is 91.7 Å². The zero-order chi connectivity index (χ0) is 10.4. The Balaban J connectivity index is 1.63. The first-order valence-corrected chi connectivity index (χ1v) is 6.60. The normalized spacial score (nSPS) is 54.8. The first-order chi connectivity index (χ1) is 7.24. The van der Waals surface area contributed by atoms with Crippen molar-refractivity contribution in [2.24, 2.45) is 23.7 Å². The lowest BCUT2D eigenvalue weighted by atomic mass is 9.71. The third kappa shape index (κ3) is 1.72. The summed E-state index contributed by atoms with van der Waals surface area (Å²) >= 11 is 0. The van der Waals surface area contributed by atoms with E-state index in [1.165, 1.54) is 25.7 Å². The van der Waals surface area contributed by atoms with Gasteiger partial charge in [-0.05, 0) is 62.2 Å². The summed E-state index contributed by atoms with van der Waals surface area (Å²) in [5.41, 5.74) is 0. The van der Waals surface area contributed by atoms with Crippen LogP contribution in [0.15, 0.2) is 0 Å². The van der Waals surface area contributed by atoms with Gasteiger partial charge in [-0.2, -0.15) is 0 Å². The van der Waals surface area contributed by atoms with Gasteiger partial charge in [0.15, 0.2) is 0 Å². The van der Waals surface area contributed by atoms with Crippen molar-refractivity contribution in [2.75, 3.05) is 0 Å². The second-order valence-corrected chi connectivity index (χ2v) is 6.05. The van der Waals surface area contributed by atoms with Crippen molar-refractivity contribution in [1.82, 2.24) is 0 Å². The van der Waals surface area contributed by atoms with Gasteiger partial charge in [-0.3, -0.25) is 0 Å². The van der Waals surface area contributed by atoms with Crippen LogP contribution >= 0.6 is 0 Å². The average Bonchev–Trinajstić information content (AvgIpc) is 2.83. The molecular weight excluding hydrogens is 188 g/mol. The molecule has 0 saturated heterocycles. The van der Waals surface area contributed by atoms with Gasteiger partial charge in [0.25, 0.3) is 0 Å². The topological polar surface area (TPSA) is 40.5 Å². The second-order valence-electron chi connectivity index (χ2n) is 6.05. The largest absolute Gasteiger partial charge is 0.390 e. The quantitative estimate of drug-likeness (QED) is 0.694. The van der Waals surface area contributed by atoms with Crippen molar-refractivity contribution >= 4 is 0 Å². The highest BCUT2D eigenvalue weighted by Gasteiger charge is 2.44. The summed E-state index contributed by atoms with van der Waals surface area (Å²) in [6.07, 6.45) is 7.70. The van der Waals surface area contributed by atoms with Crippen LogP contribution in [0.5, 0.6) is 0 Å². The maximum atomic E-state index is 9.73. The molecule has 3 saturated carbocycles. The molecule has 0 heterocycles. The fourth-order valence-electron chi connectivity index (χ4n) is 4.42. The van der Waals surface area contributed by atoms with Crippen molar-refractivity contribution in [3.8, 4) is 0 Å². The molecule has 0 radical (unpaired) electrons. The van der Waals surface area contributed by atoms with Gasteiger partial charge in [-0.15, -0.1) is 0 Å². The lowest BCUT2D eigenvalue weighted by molar-refractivity contribution is -0.0392. The van der Waals surface area contributed by atoms with E-state index in [1.807, 2.05) is 0 Å². The van der Waals surface area contributed by atoms with Crippen LogP contribution < -0.4 is 0 Å². The smallest absolute Gasteiger partial charge is 0.0801 e. The van der Waals surface area contributed by atoms with Gasteiger partial charge in [0.2, 0.25) is 0 Å². The molecule has 0 aromatic rings. The van der Waals surface area contributed by atoms with Gasteiger partial charge >= 0.3 is 0 Å². The maximum absolute atomic E-state index is 9.73. The van der Waals surface area contributed by atoms with Crippen LogP contribution in [0, 0.1) is 23.7 Å². The van der Waals surface area contributed by atoms with Crippen molar-refractivity contribution in [1.29, 1.82) is 0 Å². The SMILES string of the molecule is O[C@@H]1C[C@H]([C@H]2C[C@@H]3CC[C@@H]2C3)CC[C@@H]1O. The molecule has 0 aromatic carbocycles. The minimum atomic E-state index is -0.445. The zero-order valence-corrected chi connectivity index (χ0v) is 9.31. The lowest BCUT2D eigenvalue weighted by Gasteiger charge is -2.37. The van der Waals surface area contributed by atoms with E-state index in [2.05, 4.69) is 0 Å². The summed E-state index contributed by atoms with van der Waals surface area (Å²) in [5, 5.41) is 19.2. The number of aliphatic hydroxyl groups is 2. The summed E-state index contributed by atoms with van der Waals surface area (Å²) in [6.45, 7) is 0. The van der Waals surface area contributed by atoms with Crippen molar-refractivity contribution in [2.45, 2.75) is 57.2 Å². The molecule has 3 rings (SSSR count). The molecule has 86 valence electrons.